The normalized spacial score (nSPS) is 27.1. The molecule has 5 nitrogen and oxygen atoms in total. The van der Waals surface area contributed by atoms with Crippen LogP contribution in [0.25, 0.3) is 0 Å². The number of nitrogens with one attached hydrogen (secondary N) is 1. The molecule has 0 radical (unpaired) electrons. The molecule has 0 spiro atoms. The third-order valence-corrected chi connectivity index (χ3v) is 3.85. The molecule has 0 amide bonds. The van der Waals surface area contributed by atoms with E-state index in [4.69, 9.17) is 0 Å². The molecule has 3 heterocycles. The average molecular weight is 294 g/mol. The Hall–Kier alpha value is -0.360. The molecule has 7 heteroatoms. The van der Waals surface area contributed by atoms with Crippen LogP contribution in [0.15, 0.2) is 12.7 Å². The molecule has 1 aromatic rings. The second-order valence-corrected chi connectivity index (χ2v) is 4.86. The Morgan fingerprint density at radius 1 is 1.22 bits per heavy atom. The zero-order valence-corrected chi connectivity index (χ0v) is 12.0. The van der Waals surface area contributed by atoms with Crippen LogP contribution in [0.1, 0.15) is 12.8 Å². The summed E-state index contributed by atoms with van der Waals surface area (Å²) in [5.74, 6) is 0.879. The molecule has 0 bridgehead atoms. The van der Waals surface area contributed by atoms with Crippen LogP contribution in [0.5, 0.6) is 0 Å². The highest BCUT2D eigenvalue weighted by molar-refractivity contribution is 5.85. The summed E-state index contributed by atoms with van der Waals surface area (Å²) in [5.41, 5.74) is 0. The SMILES string of the molecule is Cl.Cl.c1ncn(CCN2CCC3NCCC3C2)n1. The molecule has 1 N–H and O–H groups in total. The lowest BCUT2D eigenvalue weighted by Crippen LogP contribution is -2.45. The van der Waals surface area contributed by atoms with Gasteiger partial charge in [-0.1, -0.05) is 0 Å². The van der Waals surface area contributed by atoms with Crippen molar-refractivity contribution in [2.45, 2.75) is 25.4 Å². The fraction of sp³-hybridized carbons (Fsp3) is 0.818. The molecule has 1 aromatic heterocycles. The van der Waals surface area contributed by atoms with E-state index < -0.39 is 0 Å². The topological polar surface area (TPSA) is 46.0 Å². The molecule has 2 atom stereocenters. The minimum Gasteiger partial charge on any atom is -0.314 e. The fourth-order valence-electron chi connectivity index (χ4n) is 2.92. The summed E-state index contributed by atoms with van der Waals surface area (Å²) in [6.45, 7) is 5.76. The summed E-state index contributed by atoms with van der Waals surface area (Å²) < 4.78 is 1.92. The summed E-state index contributed by atoms with van der Waals surface area (Å²) in [6, 6.07) is 0.794. The number of piperidine rings is 1. The van der Waals surface area contributed by atoms with Gasteiger partial charge in [-0.05, 0) is 31.8 Å². The highest BCUT2D eigenvalue weighted by Crippen LogP contribution is 2.24. The van der Waals surface area contributed by atoms with Crippen LogP contribution in [-0.2, 0) is 6.54 Å². The van der Waals surface area contributed by atoms with E-state index in [0.29, 0.717) is 0 Å². The van der Waals surface area contributed by atoms with E-state index in [1.165, 1.54) is 32.5 Å². The van der Waals surface area contributed by atoms with Crippen LogP contribution < -0.4 is 5.32 Å². The van der Waals surface area contributed by atoms with E-state index in [0.717, 1.165) is 25.0 Å². The Balaban J connectivity index is 0.000000810. The summed E-state index contributed by atoms with van der Waals surface area (Å²) in [5, 5.41) is 7.73. The van der Waals surface area contributed by atoms with Gasteiger partial charge in [0.25, 0.3) is 0 Å². The lowest BCUT2D eigenvalue weighted by Gasteiger charge is -2.34. The van der Waals surface area contributed by atoms with E-state index in [9.17, 15) is 0 Å². The molecule has 3 rings (SSSR count). The number of hydrogen-bond acceptors (Lipinski definition) is 4. The molecule has 2 unspecified atom stereocenters. The summed E-state index contributed by atoms with van der Waals surface area (Å²) in [4.78, 5) is 6.53. The van der Waals surface area contributed by atoms with Gasteiger partial charge in [-0.25, -0.2) is 4.98 Å². The number of fused-ring (bicyclic) bond motifs is 1. The van der Waals surface area contributed by atoms with Gasteiger partial charge in [-0.15, -0.1) is 24.8 Å². The molecule has 2 fully saturated rings. The van der Waals surface area contributed by atoms with Crippen molar-refractivity contribution in [2.24, 2.45) is 5.92 Å². The van der Waals surface area contributed by atoms with Gasteiger partial charge < -0.3 is 10.2 Å². The maximum atomic E-state index is 4.13. The molecule has 2 aliphatic rings. The van der Waals surface area contributed by atoms with Crippen LogP contribution >= 0.6 is 24.8 Å². The lowest BCUT2D eigenvalue weighted by atomic mass is 9.93. The van der Waals surface area contributed by atoms with Crippen molar-refractivity contribution < 1.29 is 0 Å². The average Bonchev–Trinajstić information content (AvgIpc) is 2.97. The standard InChI is InChI=1S/C11H19N5.2ClH/c1-3-13-11-2-4-15(7-10(1)11)5-6-16-9-12-8-14-16;;/h8-11,13H,1-7H2;2*1H. The maximum Gasteiger partial charge on any atom is 0.137 e. The summed E-state index contributed by atoms with van der Waals surface area (Å²) in [6.07, 6.45) is 6.06. The van der Waals surface area contributed by atoms with Gasteiger partial charge in [0.05, 0.1) is 6.54 Å². The number of nitrogens with zero attached hydrogens (tertiary/aromatic N) is 4. The highest BCUT2D eigenvalue weighted by Gasteiger charge is 2.32. The molecule has 0 aromatic carbocycles. The highest BCUT2D eigenvalue weighted by atomic mass is 35.5. The minimum absolute atomic E-state index is 0. The van der Waals surface area contributed by atoms with E-state index in [1.54, 1.807) is 12.7 Å². The molecule has 0 aliphatic carbocycles. The molecule has 18 heavy (non-hydrogen) atoms. The van der Waals surface area contributed by atoms with Crippen molar-refractivity contribution in [3.8, 4) is 0 Å². The summed E-state index contributed by atoms with van der Waals surface area (Å²) in [7, 11) is 0. The largest absolute Gasteiger partial charge is 0.314 e. The predicted molar refractivity (Wildman–Crippen MR) is 75.5 cm³/mol. The zero-order valence-electron chi connectivity index (χ0n) is 10.4. The molecular formula is C11H21Cl2N5. The first-order valence-corrected chi connectivity index (χ1v) is 6.20. The number of rotatable bonds is 3. The molecule has 104 valence electrons. The van der Waals surface area contributed by atoms with Crippen LogP contribution in [0, 0.1) is 5.92 Å². The second kappa shape index (κ2) is 7.28. The van der Waals surface area contributed by atoms with E-state index in [1.807, 2.05) is 4.68 Å². The Kier molecular flexibility index (Phi) is 6.35. The smallest absolute Gasteiger partial charge is 0.137 e. The van der Waals surface area contributed by atoms with E-state index >= 15 is 0 Å². The first-order valence-electron chi connectivity index (χ1n) is 6.20. The maximum absolute atomic E-state index is 4.13. The molecular weight excluding hydrogens is 273 g/mol. The monoisotopic (exact) mass is 293 g/mol. The summed E-state index contributed by atoms with van der Waals surface area (Å²) >= 11 is 0. The molecule has 0 saturated carbocycles. The van der Waals surface area contributed by atoms with Crippen molar-refractivity contribution in [2.75, 3.05) is 26.2 Å². The van der Waals surface area contributed by atoms with Crippen molar-refractivity contribution in [1.29, 1.82) is 0 Å². The van der Waals surface area contributed by atoms with Crippen molar-refractivity contribution in [3.05, 3.63) is 12.7 Å². The van der Waals surface area contributed by atoms with Gasteiger partial charge in [0.2, 0.25) is 0 Å². The molecule has 2 aliphatic heterocycles. The lowest BCUT2D eigenvalue weighted by molar-refractivity contribution is 0.156. The van der Waals surface area contributed by atoms with Gasteiger partial charge in [0, 0.05) is 19.1 Å². The molecule has 2 saturated heterocycles. The van der Waals surface area contributed by atoms with Crippen LogP contribution in [0.2, 0.25) is 0 Å². The minimum atomic E-state index is 0. The number of halogens is 2. The van der Waals surface area contributed by atoms with Crippen molar-refractivity contribution >= 4 is 24.8 Å². The number of aromatic nitrogens is 3. The van der Waals surface area contributed by atoms with Crippen LogP contribution in [0.4, 0.5) is 0 Å². The van der Waals surface area contributed by atoms with E-state index in [-0.39, 0.29) is 24.8 Å². The Labute approximate surface area is 120 Å². The first kappa shape index (κ1) is 15.7. The Morgan fingerprint density at radius 3 is 2.89 bits per heavy atom. The quantitative estimate of drug-likeness (QED) is 0.896. The van der Waals surface area contributed by atoms with Gasteiger partial charge in [0.15, 0.2) is 0 Å². The Bertz CT molecular complexity index is 332. The van der Waals surface area contributed by atoms with Crippen LogP contribution in [0.3, 0.4) is 0 Å². The van der Waals surface area contributed by atoms with E-state index in [2.05, 4.69) is 20.3 Å². The number of hydrogen-bond donors (Lipinski definition) is 1. The van der Waals surface area contributed by atoms with Crippen molar-refractivity contribution in [1.82, 2.24) is 25.0 Å². The zero-order chi connectivity index (χ0) is 10.8. The van der Waals surface area contributed by atoms with Gasteiger partial charge in [-0.3, -0.25) is 4.68 Å². The first-order chi connectivity index (χ1) is 7.92. The number of likely N-dealkylation sites (tertiary alicyclic amines) is 1. The van der Waals surface area contributed by atoms with Crippen molar-refractivity contribution in [3.63, 3.8) is 0 Å². The fourth-order valence-corrected chi connectivity index (χ4v) is 2.92. The third kappa shape index (κ3) is 3.57. The predicted octanol–water partition coefficient (Wildman–Crippen LogP) is 0.805. The van der Waals surface area contributed by atoms with Gasteiger partial charge >= 0.3 is 0 Å². The van der Waals surface area contributed by atoms with Crippen LogP contribution in [-0.4, -0.2) is 51.9 Å². The second-order valence-electron chi connectivity index (χ2n) is 4.86. The Morgan fingerprint density at radius 2 is 2.11 bits per heavy atom. The van der Waals surface area contributed by atoms with Gasteiger partial charge in [0.1, 0.15) is 12.7 Å². The third-order valence-electron chi connectivity index (χ3n) is 3.85. The van der Waals surface area contributed by atoms with Gasteiger partial charge in [-0.2, -0.15) is 5.10 Å².